The number of nitrogen functional groups attached to an aromatic ring is 1. The molecule has 2 aliphatic rings. The maximum absolute atomic E-state index is 12.4. The summed E-state index contributed by atoms with van der Waals surface area (Å²) in [6.45, 7) is 3.95. The van der Waals surface area contributed by atoms with Crippen LogP contribution in [0.4, 0.5) is 17.1 Å². The number of nitrogens with two attached hydrogens (primary N) is 1. The first-order valence-corrected chi connectivity index (χ1v) is 9.79. The van der Waals surface area contributed by atoms with E-state index in [0.29, 0.717) is 5.56 Å². The molecule has 2 saturated heterocycles. The standard InChI is InChI=1S/C23H24N4O2/c1-29-22(28)17-7-6-10-20(21(17)25-11-4-5-12-25)27-15-23(16-27)13-26(14-23)19-9-3-2-8-18(19)24/h2-12H,13-16,24H2,1H3. The van der Waals surface area contributed by atoms with E-state index in [1.165, 1.54) is 7.11 Å². The molecular weight excluding hydrogens is 364 g/mol. The Labute approximate surface area is 170 Å². The van der Waals surface area contributed by atoms with Gasteiger partial charge in [0.05, 0.1) is 35.4 Å². The third kappa shape index (κ3) is 2.83. The van der Waals surface area contributed by atoms with Crippen molar-refractivity contribution in [2.24, 2.45) is 5.41 Å². The summed E-state index contributed by atoms with van der Waals surface area (Å²) in [5, 5.41) is 0. The third-order valence-electron chi connectivity index (χ3n) is 6.01. The number of rotatable bonds is 4. The lowest BCUT2D eigenvalue weighted by Gasteiger charge is -2.62. The number of methoxy groups -OCH3 is 1. The SMILES string of the molecule is COC(=O)c1cccc(N2CC3(CN(c4ccccc4N)C3)C2)c1-n1cccc1. The van der Waals surface area contributed by atoms with Crippen molar-refractivity contribution < 1.29 is 9.53 Å². The van der Waals surface area contributed by atoms with Gasteiger partial charge in [0.25, 0.3) is 0 Å². The normalized spacial score (nSPS) is 17.0. The molecule has 0 radical (unpaired) electrons. The molecule has 1 aromatic heterocycles. The van der Waals surface area contributed by atoms with E-state index in [2.05, 4.69) is 21.9 Å². The Morgan fingerprint density at radius 2 is 1.52 bits per heavy atom. The molecule has 5 rings (SSSR count). The Morgan fingerprint density at radius 3 is 2.17 bits per heavy atom. The van der Waals surface area contributed by atoms with Crippen molar-refractivity contribution >= 4 is 23.0 Å². The van der Waals surface area contributed by atoms with Crippen molar-refractivity contribution in [2.45, 2.75) is 0 Å². The summed E-state index contributed by atoms with van der Waals surface area (Å²) in [5.74, 6) is -0.319. The summed E-state index contributed by atoms with van der Waals surface area (Å²) in [7, 11) is 1.42. The van der Waals surface area contributed by atoms with Crippen LogP contribution in [0.5, 0.6) is 0 Å². The highest BCUT2D eigenvalue weighted by Crippen LogP contribution is 2.46. The van der Waals surface area contributed by atoms with Gasteiger partial charge in [-0.15, -0.1) is 0 Å². The van der Waals surface area contributed by atoms with Gasteiger partial charge in [0.2, 0.25) is 0 Å². The first-order valence-electron chi connectivity index (χ1n) is 9.79. The van der Waals surface area contributed by atoms with Crippen LogP contribution in [0.1, 0.15) is 10.4 Å². The average Bonchev–Trinajstić information content (AvgIpc) is 3.20. The number of nitrogens with zero attached hydrogens (tertiary/aromatic N) is 3. The molecule has 3 aromatic rings. The van der Waals surface area contributed by atoms with E-state index in [4.69, 9.17) is 10.5 Å². The molecule has 2 fully saturated rings. The van der Waals surface area contributed by atoms with E-state index in [-0.39, 0.29) is 11.4 Å². The van der Waals surface area contributed by atoms with Crippen LogP contribution in [0.2, 0.25) is 0 Å². The van der Waals surface area contributed by atoms with Crippen molar-refractivity contribution in [3.05, 3.63) is 72.6 Å². The van der Waals surface area contributed by atoms with Gasteiger partial charge in [-0.1, -0.05) is 18.2 Å². The predicted octanol–water partition coefficient (Wildman–Crippen LogP) is 3.17. The number of hydrogen-bond acceptors (Lipinski definition) is 5. The molecule has 2 N–H and O–H groups in total. The summed E-state index contributed by atoms with van der Waals surface area (Å²) >= 11 is 0. The summed E-state index contributed by atoms with van der Waals surface area (Å²) in [6, 6.07) is 17.8. The minimum absolute atomic E-state index is 0.289. The lowest BCUT2D eigenvalue weighted by molar-refractivity contribution is 0.0600. The maximum Gasteiger partial charge on any atom is 0.340 e. The number of carbonyl (C=O) groups is 1. The number of para-hydroxylation sites is 3. The zero-order chi connectivity index (χ0) is 20.0. The molecule has 148 valence electrons. The van der Waals surface area contributed by atoms with E-state index in [1.807, 2.05) is 59.4 Å². The molecule has 6 heteroatoms. The fraction of sp³-hybridized carbons (Fsp3) is 0.261. The van der Waals surface area contributed by atoms with Crippen LogP contribution < -0.4 is 15.5 Å². The predicted molar refractivity (Wildman–Crippen MR) is 115 cm³/mol. The molecule has 0 bridgehead atoms. The maximum atomic E-state index is 12.4. The molecule has 3 heterocycles. The molecule has 29 heavy (non-hydrogen) atoms. The quantitative estimate of drug-likeness (QED) is 0.549. The van der Waals surface area contributed by atoms with Crippen molar-refractivity contribution in [3.8, 4) is 5.69 Å². The molecule has 6 nitrogen and oxygen atoms in total. The smallest absolute Gasteiger partial charge is 0.340 e. The van der Waals surface area contributed by atoms with E-state index < -0.39 is 0 Å². The lowest BCUT2D eigenvalue weighted by atomic mass is 9.72. The van der Waals surface area contributed by atoms with Gasteiger partial charge in [0, 0.05) is 44.0 Å². The number of benzene rings is 2. The molecule has 0 unspecified atom stereocenters. The van der Waals surface area contributed by atoms with Gasteiger partial charge in [0.1, 0.15) is 0 Å². The van der Waals surface area contributed by atoms with Gasteiger partial charge in [-0.2, -0.15) is 0 Å². The Bertz CT molecular complexity index is 1050. The lowest BCUT2D eigenvalue weighted by Crippen LogP contribution is -2.72. The first kappa shape index (κ1) is 17.7. The third-order valence-corrected chi connectivity index (χ3v) is 6.01. The highest BCUT2D eigenvalue weighted by Gasteiger charge is 2.52. The first-order chi connectivity index (χ1) is 14.1. The minimum Gasteiger partial charge on any atom is -0.465 e. The van der Waals surface area contributed by atoms with Crippen LogP contribution in [0.15, 0.2) is 67.0 Å². The van der Waals surface area contributed by atoms with Gasteiger partial charge in [-0.25, -0.2) is 4.79 Å². The second-order valence-corrected chi connectivity index (χ2v) is 8.03. The summed E-state index contributed by atoms with van der Waals surface area (Å²) in [6.07, 6.45) is 3.92. The van der Waals surface area contributed by atoms with Crippen molar-refractivity contribution in [3.63, 3.8) is 0 Å². The zero-order valence-corrected chi connectivity index (χ0v) is 16.4. The van der Waals surface area contributed by atoms with Crippen molar-refractivity contribution in [1.29, 1.82) is 0 Å². The molecule has 0 aliphatic carbocycles. The highest BCUT2D eigenvalue weighted by molar-refractivity contribution is 5.96. The van der Waals surface area contributed by atoms with Crippen LogP contribution in [-0.2, 0) is 4.74 Å². The molecular formula is C23H24N4O2. The van der Waals surface area contributed by atoms with E-state index in [9.17, 15) is 4.79 Å². The van der Waals surface area contributed by atoms with Gasteiger partial charge in [-0.05, 0) is 36.4 Å². The molecule has 0 saturated carbocycles. The van der Waals surface area contributed by atoms with Crippen LogP contribution >= 0.6 is 0 Å². The van der Waals surface area contributed by atoms with Gasteiger partial charge in [-0.3, -0.25) is 0 Å². The van der Waals surface area contributed by atoms with E-state index >= 15 is 0 Å². The zero-order valence-electron chi connectivity index (χ0n) is 16.4. The summed E-state index contributed by atoms with van der Waals surface area (Å²) < 4.78 is 7.01. The minimum atomic E-state index is -0.319. The number of hydrogen-bond donors (Lipinski definition) is 1. The molecule has 0 atom stereocenters. The second kappa shape index (κ2) is 6.58. The Kier molecular flexibility index (Phi) is 4.01. The highest BCUT2D eigenvalue weighted by atomic mass is 16.5. The van der Waals surface area contributed by atoms with Crippen molar-refractivity contribution in [2.75, 3.05) is 48.8 Å². The number of aromatic nitrogens is 1. The molecule has 1 spiro atoms. The van der Waals surface area contributed by atoms with Crippen molar-refractivity contribution in [1.82, 2.24) is 4.57 Å². The topological polar surface area (TPSA) is 63.7 Å². The van der Waals surface area contributed by atoms with Crippen LogP contribution in [0, 0.1) is 5.41 Å². The Morgan fingerprint density at radius 1 is 0.897 bits per heavy atom. The van der Waals surface area contributed by atoms with Gasteiger partial charge in [0.15, 0.2) is 0 Å². The molecule has 2 aliphatic heterocycles. The fourth-order valence-corrected chi connectivity index (χ4v) is 4.66. The molecule has 0 amide bonds. The van der Waals surface area contributed by atoms with Crippen LogP contribution in [-0.4, -0.2) is 43.8 Å². The van der Waals surface area contributed by atoms with Gasteiger partial charge < -0.3 is 24.8 Å². The summed E-state index contributed by atoms with van der Waals surface area (Å²) in [5.41, 5.74) is 10.9. The number of ether oxygens (including phenoxy) is 1. The largest absolute Gasteiger partial charge is 0.465 e. The van der Waals surface area contributed by atoms with Crippen LogP contribution in [0.3, 0.4) is 0 Å². The number of carbonyl (C=O) groups excluding carboxylic acids is 1. The Hall–Kier alpha value is -3.41. The van der Waals surface area contributed by atoms with Crippen LogP contribution in [0.25, 0.3) is 5.69 Å². The fourth-order valence-electron chi connectivity index (χ4n) is 4.66. The van der Waals surface area contributed by atoms with E-state index in [1.54, 1.807) is 0 Å². The average molecular weight is 388 g/mol. The second-order valence-electron chi connectivity index (χ2n) is 8.03. The number of esters is 1. The Balaban J connectivity index is 1.38. The monoisotopic (exact) mass is 388 g/mol. The molecule has 2 aromatic carbocycles. The number of anilines is 3. The van der Waals surface area contributed by atoms with E-state index in [0.717, 1.165) is 48.9 Å². The summed E-state index contributed by atoms with van der Waals surface area (Å²) in [4.78, 5) is 17.1. The van der Waals surface area contributed by atoms with Gasteiger partial charge >= 0.3 is 5.97 Å².